The predicted octanol–water partition coefficient (Wildman–Crippen LogP) is 4.45. The molecular weight excluding hydrogens is 324 g/mol. The first-order valence-electron chi connectivity index (χ1n) is 10.2. The van der Waals surface area contributed by atoms with E-state index in [1.807, 2.05) is 4.90 Å². The van der Waals surface area contributed by atoms with Gasteiger partial charge in [0.25, 0.3) is 0 Å². The molecule has 140 valence electrons. The van der Waals surface area contributed by atoms with E-state index in [2.05, 4.69) is 42.2 Å². The maximum absolute atomic E-state index is 12.3. The Labute approximate surface area is 156 Å². The molecule has 4 heteroatoms. The summed E-state index contributed by atoms with van der Waals surface area (Å²) in [5.74, 6) is 0. The first kappa shape index (κ1) is 17.6. The second kappa shape index (κ2) is 7.43. The Morgan fingerprint density at radius 3 is 2.54 bits per heavy atom. The highest BCUT2D eigenvalue weighted by molar-refractivity contribution is 5.71. The molecule has 1 aromatic carbocycles. The molecule has 2 fully saturated rings. The number of nitrogens with zero attached hydrogens (tertiary/aromatic N) is 2. The molecule has 3 aliphatic rings. The van der Waals surface area contributed by atoms with Gasteiger partial charge in [-0.25, -0.2) is 4.79 Å². The zero-order valence-electron chi connectivity index (χ0n) is 15.9. The quantitative estimate of drug-likeness (QED) is 0.801. The summed E-state index contributed by atoms with van der Waals surface area (Å²) in [6.45, 7) is 6.95. The Bertz CT molecular complexity index is 674. The third-order valence-electron chi connectivity index (χ3n) is 6.24. The van der Waals surface area contributed by atoms with Crippen LogP contribution in [-0.4, -0.2) is 47.7 Å². The van der Waals surface area contributed by atoms with E-state index >= 15 is 0 Å². The van der Waals surface area contributed by atoms with Crippen LogP contribution in [0.3, 0.4) is 0 Å². The second-order valence-corrected chi connectivity index (χ2v) is 8.04. The Morgan fingerprint density at radius 2 is 1.88 bits per heavy atom. The van der Waals surface area contributed by atoms with Crippen LogP contribution in [0.25, 0.3) is 5.57 Å². The Kier molecular flexibility index (Phi) is 5.03. The number of ether oxygens (including phenoxy) is 1. The predicted molar refractivity (Wildman–Crippen MR) is 104 cm³/mol. The van der Waals surface area contributed by atoms with Crippen molar-refractivity contribution in [1.82, 2.24) is 9.80 Å². The van der Waals surface area contributed by atoms with Crippen LogP contribution in [0.5, 0.6) is 0 Å². The number of benzene rings is 1. The lowest BCUT2D eigenvalue weighted by Gasteiger charge is -2.30. The van der Waals surface area contributed by atoms with Gasteiger partial charge in [0, 0.05) is 19.6 Å². The Hall–Kier alpha value is -1.81. The van der Waals surface area contributed by atoms with Crippen molar-refractivity contribution in [1.29, 1.82) is 0 Å². The average Bonchev–Trinajstić information content (AvgIpc) is 2.97. The van der Waals surface area contributed by atoms with E-state index in [-0.39, 0.29) is 11.7 Å². The lowest BCUT2D eigenvalue weighted by atomic mass is 9.85. The highest BCUT2D eigenvalue weighted by atomic mass is 16.6. The summed E-state index contributed by atoms with van der Waals surface area (Å²) in [4.78, 5) is 16.7. The SMILES string of the molecule is CCN1CC=C(c2ccc(CN3CC4(CCCCC4)OC3=O)cc2)CC1. The van der Waals surface area contributed by atoms with Gasteiger partial charge in [-0.05, 0) is 55.3 Å². The molecule has 0 bridgehead atoms. The fourth-order valence-electron chi connectivity index (χ4n) is 4.58. The smallest absolute Gasteiger partial charge is 0.410 e. The van der Waals surface area contributed by atoms with Crippen LogP contribution in [0.4, 0.5) is 4.79 Å². The van der Waals surface area contributed by atoms with Crippen LogP contribution in [0.2, 0.25) is 0 Å². The zero-order valence-corrected chi connectivity index (χ0v) is 15.9. The van der Waals surface area contributed by atoms with E-state index in [1.54, 1.807) is 0 Å². The van der Waals surface area contributed by atoms with Gasteiger partial charge in [-0.1, -0.05) is 43.7 Å². The van der Waals surface area contributed by atoms with E-state index in [1.165, 1.54) is 36.0 Å². The Morgan fingerprint density at radius 1 is 1.12 bits per heavy atom. The van der Waals surface area contributed by atoms with Crippen molar-refractivity contribution in [3.05, 3.63) is 41.5 Å². The third-order valence-corrected chi connectivity index (χ3v) is 6.24. The lowest BCUT2D eigenvalue weighted by molar-refractivity contribution is 0.0260. The van der Waals surface area contributed by atoms with Gasteiger partial charge in [-0.3, -0.25) is 9.80 Å². The summed E-state index contributed by atoms with van der Waals surface area (Å²) in [6, 6.07) is 8.75. The first-order valence-corrected chi connectivity index (χ1v) is 10.2. The summed E-state index contributed by atoms with van der Waals surface area (Å²) in [5, 5.41) is 0. The standard InChI is InChI=1S/C22H30N2O2/c1-2-23-14-10-20(11-15-23)19-8-6-18(7-9-19)16-24-17-22(26-21(24)25)12-4-3-5-13-22/h6-10H,2-5,11-17H2,1H3. The maximum atomic E-state index is 12.3. The van der Waals surface area contributed by atoms with Crippen molar-refractivity contribution < 1.29 is 9.53 Å². The highest BCUT2D eigenvalue weighted by Crippen LogP contribution is 2.37. The molecule has 4 nitrogen and oxygen atoms in total. The molecule has 2 aliphatic heterocycles. The van der Waals surface area contributed by atoms with Gasteiger partial charge in [0.2, 0.25) is 0 Å². The third kappa shape index (κ3) is 3.66. The summed E-state index contributed by atoms with van der Waals surface area (Å²) in [7, 11) is 0. The fraction of sp³-hybridized carbons (Fsp3) is 0.591. The summed E-state index contributed by atoms with van der Waals surface area (Å²) in [5.41, 5.74) is 3.75. The van der Waals surface area contributed by atoms with Crippen molar-refractivity contribution in [2.45, 2.75) is 57.6 Å². The topological polar surface area (TPSA) is 32.8 Å². The van der Waals surface area contributed by atoms with Crippen molar-refractivity contribution >= 4 is 11.7 Å². The van der Waals surface area contributed by atoms with Gasteiger partial charge in [-0.15, -0.1) is 0 Å². The number of likely N-dealkylation sites (N-methyl/N-ethyl adjacent to an activating group) is 1. The number of amides is 1. The summed E-state index contributed by atoms with van der Waals surface area (Å²) in [6.07, 6.45) is 9.02. The molecule has 1 saturated carbocycles. The van der Waals surface area contributed by atoms with E-state index in [4.69, 9.17) is 4.74 Å². The molecule has 1 spiro atoms. The molecule has 0 radical (unpaired) electrons. The molecule has 0 atom stereocenters. The molecule has 4 rings (SSSR count). The molecular formula is C22H30N2O2. The van der Waals surface area contributed by atoms with E-state index in [9.17, 15) is 4.79 Å². The van der Waals surface area contributed by atoms with Gasteiger partial charge >= 0.3 is 6.09 Å². The maximum Gasteiger partial charge on any atom is 0.410 e. The van der Waals surface area contributed by atoms with Gasteiger partial charge in [-0.2, -0.15) is 0 Å². The molecule has 1 amide bonds. The minimum atomic E-state index is -0.201. The number of hydrogen-bond donors (Lipinski definition) is 0. The minimum absolute atomic E-state index is 0.134. The summed E-state index contributed by atoms with van der Waals surface area (Å²) < 4.78 is 5.79. The number of hydrogen-bond acceptors (Lipinski definition) is 3. The molecule has 26 heavy (non-hydrogen) atoms. The molecule has 0 unspecified atom stereocenters. The molecule has 1 aromatic rings. The van der Waals surface area contributed by atoms with Gasteiger partial charge in [0.15, 0.2) is 0 Å². The van der Waals surface area contributed by atoms with E-state index < -0.39 is 0 Å². The van der Waals surface area contributed by atoms with Gasteiger partial charge in [0.05, 0.1) is 6.54 Å². The summed E-state index contributed by atoms with van der Waals surface area (Å²) >= 11 is 0. The normalized spacial score (nSPS) is 23.2. The lowest BCUT2D eigenvalue weighted by Crippen LogP contribution is -2.36. The van der Waals surface area contributed by atoms with Crippen LogP contribution < -0.4 is 0 Å². The van der Waals surface area contributed by atoms with Gasteiger partial charge in [0.1, 0.15) is 5.60 Å². The largest absolute Gasteiger partial charge is 0.441 e. The van der Waals surface area contributed by atoms with Crippen LogP contribution in [0, 0.1) is 0 Å². The molecule has 0 aromatic heterocycles. The first-order chi connectivity index (χ1) is 12.7. The van der Waals surface area contributed by atoms with Crippen molar-refractivity contribution in [3.8, 4) is 0 Å². The van der Waals surface area contributed by atoms with Crippen molar-refractivity contribution in [2.75, 3.05) is 26.2 Å². The molecule has 1 saturated heterocycles. The second-order valence-electron chi connectivity index (χ2n) is 8.04. The highest BCUT2D eigenvalue weighted by Gasteiger charge is 2.45. The fourth-order valence-corrected chi connectivity index (χ4v) is 4.58. The Balaban J connectivity index is 1.39. The van der Waals surface area contributed by atoms with Crippen LogP contribution in [-0.2, 0) is 11.3 Å². The van der Waals surface area contributed by atoms with Crippen LogP contribution >= 0.6 is 0 Å². The molecule has 1 aliphatic carbocycles. The monoisotopic (exact) mass is 354 g/mol. The number of rotatable bonds is 4. The van der Waals surface area contributed by atoms with Crippen LogP contribution in [0.1, 0.15) is 56.6 Å². The zero-order chi connectivity index (χ0) is 18.0. The van der Waals surface area contributed by atoms with Gasteiger partial charge < -0.3 is 4.74 Å². The minimum Gasteiger partial charge on any atom is -0.441 e. The van der Waals surface area contributed by atoms with E-state index in [0.717, 1.165) is 45.4 Å². The van der Waals surface area contributed by atoms with Crippen LogP contribution in [0.15, 0.2) is 30.3 Å². The van der Waals surface area contributed by atoms with Crippen molar-refractivity contribution in [3.63, 3.8) is 0 Å². The van der Waals surface area contributed by atoms with Crippen molar-refractivity contribution in [2.24, 2.45) is 0 Å². The van der Waals surface area contributed by atoms with E-state index in [0.29, 0.717) is 6.54 Å². The number of carbonyl (C=O) groups is 1. The number of carbonyl (C=O) groups excluding carboxylic acids is 1. The molecule has 2 heterocycles. The molecule has 0 N–H and O–H groups in total. The average molecular weight is 354 g/mol.